The Morgan fingerprint density at radius 3 is 2.61 bits per heavy atom. The zero-order chi connectivity index (χ0) is 16.8. The summed E-state index contributed by atoms with van der Waals surface area (Å²) in [6, 6.07) is 12.2. The van der Waals surface area contributed by atoms with Crippen LogP contribution < -0.4 is 11.1 Å². The summed E-state index contributed by atoms with van der Waals surface area (Å²) in [5.74, 6) is 0.365. The molecule has 0 saturated heterocycles. The van der Waals surface area contributed by atoms with Gasteiger partial charge in [-0.05, 0) is 31.2 Å². The van der Waals surface area contributed by atoms with Crippen LogP contribution in [0.1, 0.15) is 15.9 Å². The summed E-state index contributed by atoms with van der Waals surface area (Å²) in [4.78, 5) is 23.4. The number of carbonyl (C=O) groups excluding carboxylic acids is 1. The first-order valence-electron chi connectivity index (χ1n) is 6.99. The predicted octanol–water partition coefficient (Wildman–Crippen LogP) is 3.01. The van der Waals surface area contributed by atoms with Crippen molar-refractivity contribution in [2.45, 2.75) is 11.8 Å². The van der Waals surface area contributed by atoms with E-state index in [1.54, 1.807) is 11.8 Å². The first-order chi connectivity index (χ1) is 11.0. The third-order valence-corrected chi connectivity index (χ3v) is 4.18. The maximum absolute atomic E-state index is 12.0. The molecule has 0 spiro atoms. The summed E-state index contributed by atoms with van der Waals surface area (Å²) in [6.45, 7) is 2.50. The van der Waals surface area contributed by atoms with Crippen molar-refractivity contribution >= 4 is 29.0 Å². The molecule has 0 unspecified atom stereocenters. The number of hydrogen-bond acceptors (Lipinski definition) is 5. The number of nitrogens with one attached hydrogen (secondary N) is 1. The molecular weight excluding hydrogens is 314 g/mol. The Morgan fingerprint density at radius 2 is 1.96 bits per heavy atom. The number of nitrogen functional groups attached to an aromatic ring is 1. The monoisotopic (exact) mass is 331 g/mol. The van der Waals surface area contributed by atoms with E-state index in [0.29, 0.717) is 12.3 Å². The van der Waals surface area contributed by atoms with Crippen LogP contribution in [0.3, 0.4) is 0 Å². The summed E-state index contributed by atoms with van der Waals surface area (Å²) < 4.78 is 0. The number of rotatable bonds is 6. The summed E-state index contributed by atoms with van der Waals surface area (Å²) in [6.07, 6.45) is 0. The summed E-state index contributed by atoms with van der Waals surface area (Å²) in [5.41, 5.74) is 6.73. The number of nitrogens with two attached hydrogens (primary N) is 1. The molecule has 0 atom stereocenters. The second-order valence-electron chi connectivity index (χ2n) is 4.95. The third kappa shape index (κ3) is 4.72. The molecule has 2 aromatic carbocycles. The van der Waals surface area contributed by atoms with Gasteiger partial charge in [-0.3, -0.25) is 14.9 Å². The van der Waals surface area contributed by atoms with E-state index in [1.807, 2.05) is 31.2 Å². The number of nitro groups is 1. The minimum atomic E-state index is -0.598. The standard InChI is InChI=1S/C16H17N3O3S/c1-11-2-5-13(6-3-11)23-9-8-18-16(20)12-4-7-14(17)15(10-12)19(21)22/h2-7,10H,8-9,17H2,1H3,(H,18,20). The van der Waals surface area contributed by atoms with Gasteiger partial charge >= 0.3 is 0 Å². The van der Waals surface area contributed by atoms with Crippen molar-refractivity contribution in [1.82, 2.24) is 5.32 Å². The van der Waals surface area contributed by atoms with Crippen molar-refractivity contribution in [2.24, 2.45) is 0 Å². The molecule has 0 fully saturated rings. The Morgan fingerprint density at radius 1 is 1.26 bits per heavy atom. The molecule has 0 aliphatic carbocycles. The summed E-state index contributed by atoms with van der Waals surface area (Å²) in [5, 5.41) is 13.6. The van der Waals surface area contributed by atoms with Crippen molar-refractivity contribution in [3.63, 3.8) is 0 Å². The van der Waals surface area contributed by atoms with E-state index in [9.17, 15) is 14.9 Å². The number of carbonyl (C=O) groups is 1. The molecule has 0 aliphatic rings. The molecular formula is C16H17N3O3S. The lowest BCUT2D eigenvalue weighted by atomic mass is 10.1. The van der Waals surface area contributed by atoms with E-state index in [-0.39, 0.29) is 22.8 Å². The fourth-order valence-electron chi connectivity index (χ4n) is 1.91. The minimum absolute atomic E-state index is 0.0430. The van der Waals surface area contributed by atoms with Crippen LogP contribution in [0.25, 0.3) is 0 Å². The van der Waals surface area contributed by atoms with E-state index < -0.39 is 4.92 Å². The number of hydrogen-bond donors (Lipinski definition) is 2. The maximum Gasteiger partial charge on any atom is 0.292 e. The lowest BCUT2D eigenvalue weighted by molar-refractivity contribution is -0.383. The molecule has 1 amide bonds. The van der Waals surface area contributed by atoms with Crippen molar-refractivity contribution in [3.8, 4) is 0 Å². The Bertz CT molecular complexity index is 717. The average Bonchev–Trinajstić information content (AvgIpc) is 2.53. The minimum Gasteiger partial charge on any atom is -0.393 e. The quantitative estimate of drug-likeness (QED) is 0.279. The molecule has 0 heterocycles. The summed E-state index contributed by atoms with van der Waals surface area (Å²) >= 11 is 1.63. The second kappa shape index (κ2) is 7.64. The zero-order valence-corrected chi connectivity index (χ0v) is 13.4. The number of thioether (sulfide) groups is 1. The van der Waals surface area contributed by atoms with E-state index >= 15 is 0 Å². The maximum atomic E-state index is 12.0. The normalized spacial score (nSPS) is 10.3. The van der Waals surface area contributed by atoms with Gasteiger partial charge < -0.3 is 11.1 Å². The largest absolute Gasteiger partial charge is 0.393 e. The van der Waals surface area contributed by atoms with Gasteiger partial charge in [-0.2, -0.15) is 0 Å². The van der Waals surface area contributed by atoms with Gasteiger partial charge in [-0.25, -0.2) is 0 Å². The van der Waals surface area contributed by atoms with E-state index in [1.165, 1.54) is 23.8 Å². The second-order valence-corrected chi connectivity index (χ2v) is 6.12. The highest BCUT2D eigenvalue weighted by atomic mass is 32.2. The van der Waals surface area contributed by atoms with Gasteiger partial charge in [0.1, 0.15) is 5.69 Å². The molecule has 6 nitrogen and oxygen atoms in total. The van der Waals surface area contributed by atoms with E-state index in [2.05, 4.69) is 5.32 Å². The summed E-state index contributed by atoms with van der Waals surface area (Å²) in [7, 11) is 0. The van der Waals surface area contributed by atoms with Gasteiger partial charge in [0.05, 0.1) is 4.92 Å². The number of benzene rings is 2. The van der Waals surface area contributed by atoms with Crippen LogP contribution in [0, 0.1) is 17.0 Å². The Kier molecular flexibility index (Phi) is 5.59. The van der Waals surface area contributed by atoms with Gasteiger partial charge in [0, 0.05) is 28.8 Å². The topological polar surface area (TPSA) is 98.3 Å². The number of nitro benzene ring substituents is 1. The molecule has 0 radical (unpaired) electrons. The lowest BCUT2D eigenvalue weighted by Gasteiger charge is -2.06. The smallest absolute Gasteiger partial charge is 0.292 e. The number of nitrogens with zero attached hydrogens (tertiary/aromatic N) is 1. The van der Waals surface area contributed by atoms with Gasteiger partial charge in [-0.15, -0.1) is 11.8 Å². The molecule has 2 rings (SSSR count). The highest BCUT2D eigenvalue weighted by Gasteiger charge is 2.15. The van der Waals surface area contributed by atoms with Crippen molar-refractivity contribution in [2.75, 3.05) is 18.0 Å². The molecule has 23 heavy (non-hydrogen) atoms. The van der Waals surface area contributed by atoms with Crippen molar-refractivity contribution < 1.29 is 9.72 Å². The number of anilines is 1. The highest BCUT2D eigenvalue weighted by molar-refractivity contribution is 7.99. The van der Waals surface area contributed by atoms with Gasteiger partial charge in [0.15, 0.2) is 0 Å². The van der Waals surface area contributed by atoms with E-state index in [4.69, 9.17) is 5.73 Å². The molecule has 0 aromatic heterocycles. The van der Waals surface area contributed by atoms with Crippen LogP contribution in [0.2, 0.25) is 0 Å². The van der Waals surface area contributed by atoms with Gasteiger partial charge in [0.2, 0.25) is 0 Å². The Hall–Kier alpha value is -2.54. The van der Waals surface area contributed by atoms with Gasteiger partial charge in [-0.1, -0.05) is 17.7 Å². The molecule has 0 saturated carbocycles. The molecule has 7 heteroatoms. The molecule has 0 aliphatic heterocycles. The average molecular weight is 331 g/mol. The molecule has 3 N–H and O–H groups in total. The van der Waals surface area contributed by atoms with Crippen LogP contribution in [-0.2, 0) is 0 Å². The van der Waals surface area contributed by atoms with Gasteiger partial charge in [0.25, 0.3) is 11.6 Å². The highest BCUT2D eigenvalue weighted by Crippen LogP contribution is 2.22. The Balaban J connectivity index is 1.86. The number of aryl methyl sites for hydroxylation is 1. The molecule has 0 bridgehead atoms. The Labute approximate surface area is 138 Å². The fourth-order valence-corrected chi connectivity index (χ4v) is 2.68. The predicted molar refractivity (Wildman–Crippen MR) is 91.7 cm³/mol. The van der Waals surface area contributed by atoms with Crippen LogP contribution in [0.5, 0.6) is 0 Å². The first-order valence-corrected chi connectivity index (χ1v) is 7.97. The molecule has 120 valence electrons. The third-order valence-electron chi connectivity index (χ3n) is 3.17. The first kappa shape index (κ1) is 16.8. The molecule has 2 aromatic rings. The SMILES string of the molecule is Cc1ccc(SCCNC(=O)c2ccc(N)c([N+](=O)[O-])c2)cc1. The van der Waals surface area contributed by atoms with Crippen LogP contribution in [-0.4, -0.2) is 23.1 Å². The van der Waals surface area contributed by atoms with Crippen LogP contribution in [0.4, 0.5) is 11.4 Å². The zero-order valence-electron chi connectivity index (χ0n) is 12.6. The van der Waals surface area contributed by atoms with Crippen LogP contribution in [0.15, 0.2) is 47.4 Å². The fraction of sp³-hybridized carbons (Fsp3) is 0.188. The number of amides is 1. The van der Waals surface area contributed by atoms with E-state index in [0.717, 1.165) is 4.90 Å². The van der Waals surface area contributed by atoms with Crippen molar-refractivity contribution in [3.05, 3.63) is 63.7 Å². The van der Waals surface area contributed by atoms with Crippen molar-refractivity contribution in [1.29, 1.82) is 0 Å². The van der Waals surface area contributed by atoms with Crippen LogP contribution >= 0.6 is 11.8 Å². The lowest BCUT2D eigenvalue weighted by Crippen LogP contribution is -2.25.